The fraction of sp³-hybridized carbons (Fsp3) is 0.0968. The number of hydrogen-bond acceptors (Lipinski definition) is 6. The van der Waals surface area contributed by atoms with Crippen LogP contribution >= 0.6 is 11.8 Å². The van der Waals surface area contributed by atoms with E-state index >= 15 is 0 Å². The molecule has 3 N–H and O–H groups in total. The SMILES string of the molecule is Cc1ccccc1S[C@H](/C=C\NNC1=N[C@H](c2ccccc2)C(c2ccccc2)=NN1)c1ccccc1. The van der Waals surface area contributed by atoms with Crippen LogP contribution in [0.4, 0.5) is 0 Å². The van der Waals surface area contributed by atoms with E-state index in [1.807, 2.05) is 60.4 Å². The average Bonchev–Trinajstić information content (AvgIpc) is 2.97. The molecule has 0 amide bonds. The number of nitrogens with zero attached hydrogens (tertiary/aromatic N) is 2. The second-order valence-electron chi connectivity index (χ2n) is 8.61. The third kappa shape index (κ3) is 6.29. The molecule has 37 heavy (non-hydrogen) atoms. The van der Waals surface area contributed by atoms with Crippen LogP contribution in [0.5, 0.6) is 0 Å². The first kappa shape index (κ1) is 24.4. The maximum atomic E-state index is 4.93. The lowest BCUT2D eigenvalue weighted by molar-refractivity contribution is 0.735. The highest BCUT2D eigenvalue weighted by Gasteiger charge is 2.23. The van der Waals surface area contributed by atoms with Gasteiger partial charge in [-0.25, -0.2) is 10.4 Å². The Labute approximate surface area is 222 Å². The normalized spacial score (nSPS) is 15.9. The molecule has 0 radical (unpaired) electrons. The number of rotatable bonds is 8. The first-order valence-corrected chi connectivity index (χ1v) is 13.1. The first-order chi connectivity index (χ1) is 18.3. The number of nitrogens with one attached hydrogen (secondary N) is 3. The summed E-state index contributed by atoms with van der Waals surface area (Å²) in [5, 5.41) is 4.82. The molecule has 6 heteroatoms. The molecular formula is C31H29N5S. The zero-order valence-electron chi connectivity index (χ0n) is 20.6. The van der Waals surface area contributed by atoms with Gasteiger partial charge in [0.05, 0.1) is 11.0 Å². The Morgan fingerprint density at radius 2 is 1.46 bits per heavy atom. The van der Waals surface area contributed by atoms with Crippen molar-refractivity contribution in [2.45, 2.75) is 23.1 Å². The van der Waals surface area contributed by atoms with E-state index in [9.17, 15) is 0 Å². The van der Waals surface area contributed by atoms with E-state index in [4.69, 9.17) is 4.99 Å². The molecule has 0 aromatic heterocycles. The smallest absolute Gasteiger partial charge is 0.232 e. The Balaban J connectivity index is 1.30. The predicted octanol–water partition coefficient (Wildman–Crippen LogP) is 6.54. The molecule has 0 saturated heterocycles. The van der Waals surface area contributed by atoms with Crippen molar-refractivity contribution in [2.24, 2.45) is 10.1 Å². The highest BCUT2D eigenvalue weighted by atomic mass is 32.2. The summed E-state index contributed by atoms with van der Waals surface area (Å²) in [4.78, 5) is 6.19. The van der Waals surface area contributed by atoms with Crippen LogP contribution in [0.25, 0.3) is 0 Å². The summed E-state index contributed by atoms with van der Waals surface area (Å²) in [5.74, 6) is 0.556. The van der Waals surface area contributed by atoms with Crippen molar-refractivity contribution in [3.8, 4) is 0 Å². The summed E-state index contributed by atoms with van der Waals surface area (Å²) in [6, 6.07) is 39.1. The van der Waals surface area contributed by atoms with Crippen molar-refractivity contribution >= 4 is 23.4 Å². The maximum Gasteiger partial charge on any atom is 0.232 e. The van der Waals surface area contributed by atoms with Crippen molar-refractivity contribution in [3.63, 3.8) is 0 Å². The number of hydrazine groups is 1. The van der Waals surface area contributed by atoms with Gasteiger partial charge in [0.15, 0.2) is 0 Å². The Morgan fingerprint density at radius 1 is 0.811 bits per heavy atom. The first-order valence-electron chi connectivity index (χ1n) is 12.2. The molecule has 1 aliphatic rings. The molecule has 0 aliphatic carbocycles. The zero-order valence-corrected chi connectivity index (χ0v) is 21.4. The van der Waals surface area contributed by atoms with Crippen LogP contribution in [0, 0.1) is 6.92 Å². The minimum atomic E-state index is -0.216. The fourth-order valence-electron chi connectivity index (χ4n) is 4.08. The number of hydrazone groups is 1. The van der Waals surface area contributed by atoms with Crippen molar-refractivity contribution in [1.82, 2.24) is 16.3 Å². The van der Waals surface area contributed by atoms with E-state index in [1.165, 1.54) is 16.0 Å². The number of guanidine groups is 1. The van der Waals surface area contributed by atoms with Crippen molar-refractivity contribution in [1.29, 1.82) is 0 Å². The lowest BCUT2D eigenvalue weighted by Gasteiger charge is -2.23. The van der Waals surface area contributed by atoms with Crippen LogP contribution in [-0.2, 0) is 0 Å². The van der Waals surface area contributed by atoms with Crippen LogP contribution in [0.2, 0.25) is 0 Å². The number of thioether (sulfide) groups is 1. The summed E-state index contributed by atoms with van der Waals surface area (Å²) < 4.78 is 0. The van der Waals surface area contributed by atoms with Crippen molar-refractivity contribution in [3.05, 3.63) is 150 Å². The summed E-state index contributed by atoms with van der Waals surface area (Å²) in [6.45, 7) is 2.15. The van der Waals surface area contributed by atoms with E-state index in [-0.39, 0.29) is 11.3 Å². The molecule has 5 nitrogen and oxygen atoms in total. The number of aryl methyl sites for hydroxylation is 1. The lowest BCUT2D eigenvalue weighted by atomic mass is 9.97. The van der Waals surface area contributed by atoms with Gasteiger partial charge >= 0.3 is 0 Å². The molecule has 0 fully saturated rings. The van der Waals surface area contributed by atoms with Gasteiger partial charge in [0.2, 0.25) is 5.96 Å². The number of hydrogen-bond donors (Lipinski definition) is 3. The van der Waals surface area contributed by atoms with Gasteiger partial charge < -0.3 is 5.43 Å². The molecule has 0 spiro atoms. The third-order valence-corrected chi connectivity index (χ3v) is 7.40. The zero-order chi connectivity index (χ0) is 25.3. The van der Waals surface area contributed by atoms with Crippen LogP contribution in [-0.4, -0.2) is 11.7 Å². The summed E-state index contributed by atoms with van der Waals surface area (Å²) in [5.41, 5.74) is 14.9. The molecule has 5 rings (SSSR count). The highest BCUT2D eigenvalue weighted by molar-refractivity contribution is 7.99. The van der Waals surface area contributed by atoms with E-state index < -0.39 is 0 Å². The Hall–Kier alpha value is -4.29. The molecule has 2 atom stereocenters. The minimum absolute atomic E-state index is 0.151. The van der Waals surface area contributed by atoms with Gasteiger partial charge in [-0.05, 0) is 35.8 Å². The maximum absolute atomic E-state index is 4.93. The number of aliphatic imine (C=N–C) groups is 1. The van der Waals surface area contributed by atoms with Gasteiger partial charge in [0.25, 0.3) is 0 Å². The van der Waals surface area contributed by atoms with Crippen molar-refractivity contribution < 1.29 is 0 Å². The van der Waals surface area contributed by atoms with Gasteiger partial charge in [-0.1, -0.05) is 109 Å². The molecule has 4 aromatic rings. The van der Waals surface area contributed by atoms with Crippen LogP contribution in [0.15, 0.2) is 143 Å². The molecule has 1 heterocycles. The highest BCUT2D eigenvalue weighted by Crippen LogP contribution is 2.37. The topological polar surface area (TPSA) is 60.8 Å². The molecule has 184 valence electrons. The Bertz CT molecular complexity index is 1390. The van der Waals surface area contributed by atoms with E-state index in [0.29, 0.717) is 5.96 Å². The molecule has 1 aliphatic heterocycles. The summed E-state index contributed by atoms with van der Waals surface area (Å²) in [7, 11) is 0. The van der Waals surface area contributed by atoms with Gasteiger partial charge in [0.1, 0.15) is 6.04 Å². The lowest BCUT2D eigenvalue weighted by Crippen LogP contribution is -2.44. The van der Waals surface area contributed by atoms with E-state index in [1.54, 1.807) is 0 Å². The predicted molar refractivity (Wildman–Crippen MR) is 154 cm³/mol. The summed E-state index contributed by atoms with van der Waals surface area (Å²) >= 11 is 1.83. The van der Waals surface area contributed by atoms with Crippen LogP contribution in [0.3, 0.4) is 0 Å². The molecule has 0 bridgehead atoms. The quantitative estimate of drug-likeness (QED) is 0.189. The number of benzene rings is 4. The average molecular weight is 504 g/mol. The molecular weight excluding hydrogens is 474 g/mol. The molecule has 4 aromatic carbocycles. The second-order valence-corrected chi connectivity index (χ2v) is 9.79. The van der Waals surface area contributed by atoms with E-state index in [0.717, 1.165) is 16.8 Å². The minimum Gasteiger partial charge on any atom is -0.306 e. The Morgan fingerprint density at radius 3 is 2.19 bits per heavy atom. The van der Waals surface area contributed by atoms with Crippen molar-refractivity contribution in [2.75, 3.05) is 0 Å². The van der Waals surface area contributed by atoms with Gasteiger partial charge in [-0.15, -0.1) is 11.8 Å². The monoisotopic (exact) mass is 503 g/mol. The molecule has 0 saturated carbocycles. The van der Waals surface area contributed by atoms with Gasteiger partial charge in [0, 0.05) is 16.7 Å². The van der Waals surface area contributed by atoms with Crippen LogP contribution < -0.4 is 16.3 Å². The van der Waals surface area contributed by atoms with Crippen LogP contribution in [0.1, 0.15) is 33.5 Å². The molecule has 0 unspecified atom stereocenters. The van der Waals surface area contributed by atoms with Gasteiger partial charge in [-0.3, -0.25) is 5.43 Å². The largest absolute Gasteiger partial charge is 0.306 e. The fourth-order valence-corrected chi connectivity index (χ4v) is 5.22. The summed E-state index contributed by atoms with van der Waals surface area (Å²) in [6.07, 6.45) is 4.07. The van der Waals surface area contributed by atoms with Gasteiger partial charge in [-0.2, -0.15) is 5.10 Å². The third-order valence-electron chi connectivity index (χ3n) is 6.00. The second kappa shape index (κ2) is 12.1. The Kier molecular flexibility index (Phi) is 7.98. The standard InChI is InChI=1S/C31H29N5S/c1-23-13-11-12-20-27(23)37-28(24-14-5-2-6-15-24)21-22-32-35-31-33-29(25-16-7-3-8-17-25)30(34-36-31)26-18-9-4-10-19-26/h2-22,28-29,32H,1H3,(H2,33,35,36)/b22-21-/t28-,29-/m1/s1. The van der Waals surface area contributed by atoms with E-state index in [2.05, 4.69) is 107 Å².